The molecule has 0 unspecified atom stereocenters. The average Bonchev–Trinajstić information content (AvgIpc) is 3.27. The number of amides is 1. The van der Waals surface area contributed by atoms with Gasteiger partial charge < -0.3 is 9.72 Å². The van der Waals surface area contributed by atoms with Gasteiger partial charge in [-0.05, 0) is 66.6 Å². The quantitative estimate of drug-likeness (QED) is 0.483. The number of carbonyl (C=O) groups is 1. The number of nitrogens with zero attached hydrogens (tertiary/aromatic N) is 3. The minimum atomic E-state index is -0.170. The monoisotopic (exact) mass is 408 g/mol. The van der Waals surface area contributed by atoms with Crippen LogP contribution in [-0.2, 0) is 6.54 Å². The van der Waals surface area contributed by atoms with Crippen LogP contribution >= 0.6 is 0 Å². The molecule has 31 heavy (non-hydrogen) atoms. The first-order valence-electron chi connectivity index (χ1n) is 10.0. The van der Waals surface area contributed by atoms with Gasteiger partial charge in [0.25, 0.3) is 11.5 Å². The highest BCUT2D eigenvalue weighted by molar-refractivity contribution is 6.04. The standard InChI is InChI=1S/C25H20N4O2/c1-17-5-2-6-20(15-17)27-24(30)19-11-9-18(10-12-19)16-29-23-21(7-3-13-26-23)28-14-4-8-22(28)25(29)31/h2-15H,16H2,1H3,(H,27,30). The van der Waals surface area contributed by atoms with Crippen LogP contribution < -0.4 is 10.9 Å². The van der Waals surface area contributed by atoms with Crippen molar-refractivity contribution in [2.24, 2.45) is 0 Å². The second kappa shape index (κ2) is 7.57. The van der Waals surface area contributed by atoms with Crippen LogP contribution in [0.15, 0.2) is 90.0 Å². The number of fused-ring (bicyclic) bond motifs is 3. The Morgan fingerprint density at radius 1 is 0.968 bits per heavy atom. The van der Waals surface area contributed by atoms with E-state index < -0.39 is 0 Å². The summed E-state index contributed by atoms with van der Waals surface area (Å²) in [5.74, 6) is -0.170. The van der Waals surface area contributed by atoms with Gasteiger partial charge in [0.05, 0.1) is 12.1 Å². The maximum Gasteiger partial charge on any atom is 0.276 e. The summed E-state index contributed by atoms with van der Waals surface area (Å²) in [7, 11) is 0. The molecule has 1 N–H and O–H groups in total. The molecule has 2 aromatic carbocycles. The van der Waals surface area contributed by atoms with Crippen molar-refractivity contribution >= 4 is 28.3 Å². The summed E-state index contributed by atoms with van der Waals surface area (Å²) in [5, 5.41) is 2.91. The third-order valence-electron chi connectivity index (χ3n) is 5.33. The molecule has 152 valence electrons. The summed E-state index contributed by atoms with van der Waals surface area (Å²) >= 11 is 0. The van der Waals surface area contributed by atoms with Gasteiger partial charge in [0.1, 0.15) is 5.52 Å². The first-order valence-corrected chi connectivity index (χ1v) is 10.0. The minimum absolute atomic E-state index is 0.0996. The zero-order valence-electron chi connectivity index (χ0n) is 16.9. The van der Waals surface area contributed by atoms with Gasteiger partial charge in [-0.3, -0.25) is 14.2 Å². The Morgan fingerprint density at radius 2 is 1.77 bits per heavy atom. The zero-order chi connectivity index (χ0) is 21.4. The van der Waals surface area contributed by atoms with E-state index in [0.29, 0.717) is 23.3 Å². The van der Waals surface area contributed by atoms with Gasteiger partial charge in [-0.2, -0.15) is 0 Å². The van der Waals surface area contributed by atoms with Crippen molar-refractivity contribution in [1.29, 1.82) is 0 Å². The van der Waals surface area contributed by atoms with Crippen LogP contribution in [0.3, 0.4) is 0 Å². The molecule has 0 bridgehead atoms. The van der Waals surface area contributed by atoms with Crippen LogP contribution in [0, 0.1) is 6.92 Å². The predicted octanol–water partition coefficient (Wildman–Crippen LogP) is 4.26. The Morgan fingerprint density at radius 3 is 2.58 bits per heavy atom. The van der Waals surface area contributed by atoms with Crippen molar-refractivity contribution in [2.45, 2.75) is 13.5 Å². The van der Waals surface area contributed by atoms with Crippen LogP contribution in [0.1, 0.15) is 21.5 Å². The largest absolute Gasteiger partial charge is 0.322 e. The lowest BCUT2D eigenvalue weighted by Crippen LogP contribution is -2.24. The maximum absolute atomic E-state index is 13.1. The summed E-state index contributed by atoms with van der Waals surface area (Å²) in [6, 6.07) is 22.4. The topological polar surface area (TPSA) is 68.4 Å². The molecule has 5 aromatic rings. The van der Waals surface area contributed by atoms with Crippen LogP contribution in [-0.4, -0.2) is 19.9 Å². The van der Waals surface area contributed by atoms with E-state index in [9.17, 15) is 9.59 Å². The second-order valence-corrected chi connectivity index (χ2v) is 7.52. The van der Waals surface area contributed by atoms with Gasteiger partial charge in [0.2, 0.25) is 0 Å². The van der Waals surface area contributed by atoms with Gasteiger partial charge in [0, 0.05) is 23.6 Å². The molecule has 0 aliphatic rings. The van der Waals surface area contributed by atoms with Crippen molar-refractivity contribution in [3.8, 4) is 0 Å². The Balaban J connectivity index is 1.45. The predicted molar refractivity (Wildman–Crippen MR) is 122 cm³/mol. The average molecular weight is 408 g/mol. The molecule has 0 aliphatic heterocycles. The Kier molecular flexibility index (Phi) is 4.59. The number of benzene rings is 2. The van der Waals surface area contributed by atoms with E-state index in [-0.39, 0.29) is 11.5 Å². The molecule has 0 radical (unpaired) electrons. The lowest BCUT2D eigenvalue weighted by atomic mass is 10.1. The molecule has 0 aliphatic carbocycles. The number of hydrogen-bond donors (Lipinski definition) is 1. The molecule has 3 heterocycles. The van der Waals surface area contributed by atoms with E-state index >= 15 is 0 Å². The Labute approximate surface area is 178 Å². The molecular formula is C25H20N4O2. The molecule has 0 saturated carbocycles. The van der Waals surface area contributed by atoms with Gasteiger partial charge >= 0.3 is 0 Å². The number of anilines is 1. The number of hydrogen-bond acceptors (Lipinski definition) is 3. The highest BCUT2D eigenvalue weighted by Crippen LogP contribution is 2.16. The minimum Gasteiger partial charge on any atom is -0.322 e. The summed E-state index contributed by atoms with van der Waals surface area (Å²) in [5.41, 5.74) is 5.32. The third kappa shape index (κ3) is 3.48. The number of pyridine rings is 1. The number of carbonyl (C=O) groups excluding carboxylic acids is 1. The molecule has 1 amide bonds. The van der Waals surface area contributed by atoms with E-state index in [0.717, 1.165) is 22.3 Å². The lowest BCUT2D eigenvalue weighted by Gasteiger charge is -2.12. The molecule has 0 saturated heterocycles. The molecular weight excluding hydrogens is 388 g/mol. The molecule has 0 atom stereocenters. The van der Waals surface area contributed by atoms with E-state index in [1.54, 1.807) is 22.9 Å². The Hall–Kier alpha value is -4.19. The highest BCUT2D eigenvalue weighted by atomic mass is 16.1. The fourth-order valence-corrected chi connectivity index (χ4v) is 3.80. The van der Waals surface area contributed by atoms with Crippen LogP contribution in [0.2, 0.25) is 0 Å². The lowest BCUT2D eigenvalue weighted by molar-refractivity contribution is 0.102. The number of rotatable bonds is 4. The van der Waals surface area contributed by atoms with Gasteiger partial charge in [0.15, 0.2) is 5.65 Å². The van der Waals surface area contributed by atoms with E-state index in [1.165, 1.54) is 0 Å². The summed E-state index contributed by atoms with van der Waals surface area (Å²) in [6.07, 6.45) is 3.55. The molecule has 0 fully saturated rings. The van der Waals surface area contributed by atoms with E-state index in [2.05, 4.69) is 10.3 Å². The summed E-state index contributed by atoms with van der Waals surface area (Å²) in [4.78, 5) is 30.1. The number of aromatic nitrogens is 3. The first-order chi connectivity index (χ1) is 15.1. The first kappa shape index (κ1) is 18.8. The maximum atomic E-state index is 13.1. The van der Waals surface area contributed by atoms with Crippen LogP contribution in [0.4, 0.5) is 5.69 Å². The molecule has 6 heteroatoms. The van der Waals surface area contributed by atoms with E-state index in [4.69, 9.17) is 0 Å². The van der Waals surface area contributed by atoms with Crippen molar-refractivity contribution in [1.82, 2.24) is 14.0 Å². The SMILES string of the molecule is Cc1cccc(NC(=O)c2ccc(Cn3c(=O)c4cccn4c4cccnc43)cc2)c1. The normalized spacial score (nSPS) is 11.1. The highest BCUT2D eigenvalue weighted by Gasteiger charge is 2.12. The summed E-state index contributed by atoms with van der Waals surface area (Å²) in [6.45, 7) is 2.35. The van der Waals surface area contributed by atoms with Crippen molar-refractivity contribution in [2.75, 3.05) is 5.32 Å². The fraction of sp³-hybridized carbons (Fsp3) is 0.0800. The smallest absolute Gasteiger partial charge is 0.276 e. The van der Waals surface area contributed by atoms with Crippen molar-refractivity contribution < 1.29 is 4.79 Å². The summed E-state index contributed by atoms with van der Waals surface area (Å²) < 4.78 is 3.53. The van der Waals surface area contributed by atoms with Crippen LogP contribution in [0.5, 0.6) is 0 Å². The van der Waals surface area contributed by atoms with Gasteiger partial charge in [-0.15, -0.1) is 0 Å². The third-order valence-corrected chi connectivity index (χ3v) is 5.33. The van der Waals surface area contributed by atoms with E-state index in [1.807, 2.05) is 78.2 Å². The van der Waals surface area contributed by atoms with Gasteiger partial charge in [-0.25, -0.2) is 4.98 Å². The fourth-order valence-electron chi connectivity index (χ4n) is 3.80. The van der Waals surface area contributed by atoms with Crippen molar-refractivity contribution in [3.63, 3.8) is 0 Å². The zero-order valence-corrected chi connectivity index (χ0v) is 16.9. The molecule has 6 nitrogen and oxygen atoms in total. The molecule has 0 spiro atoms. The molecule has 3 aromatic heterocycles. The van der Waals surface area contributed by atoms with Gasteiger partial charge in [-0.1, -0.05) is 24.3 Å². The molecule has 5 rings (SSSR count). The number of nitrogens with one attached hydrogen (secondary N) is 1. The van der Waals surface area contributed by atoms with Crippen molar-refractivity contribution in [3.05, 3.63) is 112 Å². The Bertz CT molecular complexity index is 1480. The number of aryl methyl sites for hydroxylation is 1. The van der Waals surface area contributed by atoms with Crippen LogP contribution in [0.25, 0.3) is 16.7 Å². The second-order valence-electron chi connectivity index (χ2n) is 7.52.